The number of carbonyl (C=O) groups excluding carboxylic acids is 4. The van der Waals surface area contributed by atoms with E-state index in [0.717, 1.165) is 4.90 Å². The highest BCUT2D eigenvalue weighted by molar-refractivity contribution is 8.00. The first-order chi connectivity index (χ1) is 18.2. The lowest BCUT2D eigenvalue weighted by Crippen LogP contribution is -2.71. The Morgan fingerprint density at radius 1 is 1.26 bits per heavy atom. The SMILES string of the molecule is NC(=O)OCC1=C(C(=O)O)N2C(=O)C(NC(=O)C(NC(=O)c3nc4ccccc4[nH]3)c3ccco3)[C@@H]2SC1. The van der Waals surface area contributed by atoms with Crippen LogP contribution in [0.1, 0.15) is 22.4 Å². The molecule has 0 saturated carbocycles. The van der Waals surface area contributed by atoms with Crippen molar-refractivity contribution in [1.29, 1.82) is 0 Å². The maximum Gasteiger partial charge on any atom is 0.404 e. The lowest BCUT2D eigenvalue weighted by molar-refractivity contribution is -0.151. The molecule has 0 aliphatic carbocycles. The maximum atomic E-state index is 13.3. The number of primary amides is 1. The van der Waals surface area contributed by atoms with E-state index in [1.807, 2.05) is 0 Å². The Hall–Kier alpha value is -4.79. The van der Waals surface area contributed by atoms with Gasteiger partial charge in [0.15, 0.2) is 11.9 Å². The molecule has 2 aliphatic heterocycles. The zero-order valence-corrected chi connectivity index (χ0v) is 20.2. The molecule has 2 aliphatic rings. The number of carboxylic acid groups (broad SMARTS) is 1. The number of amides is 4. The van der Waals surface area contributed by atoms with E-state index in [1.54, 1.807) is 24.3 Å². The number of carboxylic acids is 1. The lowest BCUT2D eigenvalue weighted by Gasteiger charge is -2.49. The monoisotopic (exact) mass is 540 g/mol. The predicted molar refractivity (Wildman–Crippen MR) is 130 cm³/mol. The van der Waals surface area contributed by atoms with Crippen molar-refractivity contribution in [3.05, 3.63) is 65.5 Å². The van der Waals surface area contributed by atoms with Crippen LogP contribution in [0.4, 0.5) is 4.79 Å². The van der Waals surface area contributed by atoms with Gasteiger partial charge >= 0.3 is 12.1 Å². The Morgan fingerprint density at radius 2 is 2.05 bits per heavy atom. The van der Waals surface area contributed by atoms with E-state index in [1.165, 1.54) is 30.2 Å². The van der Waals surface area contributed by atoms with Gasteiger partial charge in [0, 0.05) is 11.3 Å². The van der Waals surface area contributed by atoms with E-state index in [9.17, 15) is 29.1 Å². The van der Waals surface area contributed by atoms with Gasteiger partial charge in [-0.1, -0.05) is 12.1 Å². The molecule has 3 atom stereocenters. The molecular weight excluding hydrogens is 520 g/mol. The maximum absolute atomic E-state index is 13.3. The molecule has 1 saturated heterocycles. The van der Waals surface area contributed by atoms with Crippen LogP contribution in [0.25, 0.3) is 11.0 Å². The molecule has 14 nitrogen and oxygen atoms in total. The van der Waals surface area contributed by atoms with Crippen molar-refractivity contribution in [3.63, 3.8) is 0 Å². The van der Waals surface area contributed by atoms with Crippen LogP contribution in [0.15, 0.2) is 58.3 Å². The molecule has 1 aromatic carbocycles. The summed E-state index contributed by atoms with van der Waals surface area (Å²) < 4.78 is 10.0. The second-order valence-corrected chi connectivity index (χ2v) is 9.39. The van der Waals surface area contributed by atoms with Crippen LogP contribution in [-0.2, 0) is 19.1 Å². The minimum atomic E-state index is -1.39. The number of fused-ring (bicyclic) bond motifs is 2. The molecule has 5 rings (SSSR count). The Kier molecular flexibility index (Phi) is 6.50. The normalized spacial score (nSPS) is 19.4. The molecule has 2 aromatic heterocycles. The fourth-order valence-electron chi connectivity index (χ4n) is 4.17. The van der Waals surface area contributed by atoms with Crippen molar-refractivity contribution in [2.45, 2.75) is 17.5 Å². The van der Waals surface area contributed by atoms with Gasteiger partial charge in [-0.3, -0.25) is 19.3 Å². The number of rotatable bonds is 8. The number of thioether (sulfide) groups is 1. The van der Waals surface area contributed by atoms with Crippen molar-refractivity contribution < 1.29 is 38.2 Å². The first-order valence-electron chi connectivity index (χ1n) is 11.2. The predicted octanol–water partition coefficient (Wildman–Crippen LogP) is 0.461. The number of imidazole rings is 1. The van der Waals surface area contributed by atoms with Gasteiger partial charge in [0.1, 0.15) is 29.5 Å². The third-order valence-corrected chi connectivity index (χ3v) is 7.25. The van der Waals surface area contributed by atoms with Gasteiger partial charge in [-0.15, -0.1) is 11.8 Å². The van der Waals surface area contributed by atoms with Crippen LogP contribution in [0, 0.1) is 0 Å². The summed E-state index contributed by atoms with van der Waals surface area (Å²) in [6.45, 7) is -0.383. The average molecular weight is 541 g/mol. The minimum absolute atomic E-state index is 0.0220. The highest BCUT2D eigenvalue weighted by Gasteiger charge is 2.54. The smallest absolute Gasteiger partial charge is 0.404 e. The molecule has 15 heteroatoms. The number of aliphatic carboxylic acids is 1. The van der Waals surface area contributed by atoms with Crippen LogP contribution < -0.4 is 16.4 Å². The number of furan rings is 1. The molecule has 0 bridgehead atoms. The summed E-state index contributed by atoms with van der Waals surface area (Å²) in [5.74, 6) is -3.27. The third kappa shape index (κ3) is 4.54. The molecule has 6 N–H and O–H groups in total. The number of benzene rings is 1. The summed E-state index contributed by atoms with van der Waals surface area (Å²) in [6.07, 6.45) is 0.249. The van der Waals surface area contributed by atoms with Crippen LogP contribution >= 0.6 is 11.8 Å². The molecule has 4 heterocycles. The van der Waals surface area contributed by atoms with E-state index in [-0.39, 0.29) is 35.2 Å². The van der Waals surface area contributed by atoms with Gasteiger partial charge < -0.3 is 35.6 Å². The molecule has 0 spiro atoms. The van der Waals surface area contributed by atoms with Crippen LogP contribution in [-0.4, -0.2) is 73.5 Å². The van der Waals surface area contributed by atoms with E-state index < -0.39 is 47.2 Å². The van der Waals surface area contributed by atoms with E-state index >= 15 is 0 Å². The molecule has 2 unspecified atom stereocenters. The molecule has 38 heavy (non-hydrogen) atoms. The number of ether oxygens (including phenoxy) is 1. The number of hydrogen-bond donors (Lipinski definition) is 5. The van der Waals surface area contributed by atoms with Crippen molar-refractivity contribution >= 4 is 52.6 Å². The number of nitrogens with one attached hydrogen (secondary N) is 3. The number of β-lactam (4-membered cyclic amide) rings is 1. The van der Waals surface area contributed by atoms with Crippen LogP contribution in [0.5, 0.6) is 0 Å². The topological polar surface area (TPSA) is 210 Å². The highest BCUT2D eigenvalue weighted by atomic mass is 32.2. The first-order valence-corrected chi connectivity index (χ1v) is 12.2. The highest BCUT2D eigenvalue weighted by Crippen LogP contribution is 2.40. The average Bonchev–Trinajstić information content (AvgIpc) is 3.58. The number of aromatic nitrogens is 2. The number of nitrogens with two attached hydrogens (primary N) is 1. The zero-order valence-electron chi connectivity index (χ0n) is 19.4. The van der Waals surface area contributed by atoms with Crippen molar-refractivity contribution in [3.8, 4) is 0 Å². The van der Waals surface area contributed by atoms with Crippen LogP contribution in [0.2, 0.25) is 0 Å². The number of hydrogen-bond acceptors (Lipinski definition) is 9. The zero-order chi connectivity index (χ0) is 27.0. The largest absolute Gasteiger partial charge is 0.477 e. The first kappa shape index (κ1) is 24.9. The molecule has 196 valence electrons. The number of nitrogens with zero attached hydrogens (tertiary/aromatic N) is 2. The number of H-pyrrole nitrogens is 1. The summed E-state index contributed by atoms with van der Waals surface area (Å²) >= 11 is 1.18. The van der Waals surface area contributed by atoms with Crippen LogP contribution in [0.3, 0.4) is 0 Å². The minimum Gasteiger partial charge on any atom is -0.477 e. The van der Waals surface area contributed by atoms with E-state index in [4.69, 9.17) is 14.9 Å². The Bertz CT molecular complexity index is 1450. The van der Waals surface area contributed by atoms with Gasteiger partial charge in [-0.05, 0) is 24.3 Å². The lowest BCUT2D eigenvalue weighted by atomic mass is 10.0. The Balaban J connectivity index is 1.32. The van der Waals surface area contributed by atoms with Gasteiger partial charge in [0.2, 0.25) is 0 Å². The second-order valence-electron chi connectivity index (χ2n) is 8.29. The number of carbonyl (C=O) groups is 5. The Labute approximate surface area is 217 Å². The van der Waals surface area contributed by atoms with E-state index in [0.29, 0.717) is 11.0 Å². The fourth-order valence-corrected chi connectivity index (χ4v) is 5.50. The standard InChI is InChI=1S/C23H20N6O8S/c24-23(35)37-8-10-9-38-21-15(20(32)29(21)16(10)22(33)34)28-18(30)14(13-6-3-7-36-13)27-19(31)17-25-11-4-1-2-5-12(11)26-17/h1-7,14-15,21H,8-9H2,(H2,24,35)(H,25,26)(H,27,31)(H,28,30)(H,33,34)/t14?,15?,21-/m0/s1. The molecule has 0 radical (unpaired) electrons. The number of para-hydroxylation sites is 2. The molecule has 3 aromatic rings. The van der Waals surface area contributed by atoms with Gasteiger partial charge in [0.25, 0.3) is 17.7 Å². The summed E-state index contributed by atoms with van der Waals surface area (Å²) in [5.41, 5.74) is 6.03. The van der Waals surface area contributed by atoms with Crippen molar-refractivity contribution in [2.24, 2.45) is 5.73 Å². The van der Waals surface area contributed by atoms with Crippen molar-refractivity contribution in [2.75, 3.05) is 12.4 Å². The fraction of sp³-hybridized carbons (Fsp3) is 0.217. The molecule has 4 amide bonds. The van der Waals surface area contributed by atoms with Gasteiger partial charge in [0.05, 0.1) is 17.3 Å². The summed E-state index contributed by atoms with van der Waals surface area (Å²) in [4.78, 5) is 70.1. The van der Waals surface area contributed by atoms with Gasteiger partial charge in [-0.2, -0.15) is 0 Å². The second kappa shape index (κ2) is 9.93. The number of aromatic amines is 1. The summed E-state index contributed by atoms with van der Waals surface area (Å²) in [5, 5.41) is 14.1. The molecular formula is C23H20N6O8S. The Morgan fingerprint density at radius 3 is 2.74 bits per heavy atom. The molecule has 1 fully saturated rings. The third-order valence-electron chi connectivity index (χ3n) is 5.91. The summed E-state index contributed by atoms with van der Waals surface area (Å²) in [7, 11) is 0. The van der Waals surface area contributed by atoms with Crippen molar-refractivity contribution in [1.82, 2.24) is 25.5 Å². The van der Waals surface area contributed by atoms with E-state index in [2.05, 4.69) is 20.6 Å². The summed E-state index contributed by atoms with van der Waals surface area (Å²) in [6, 6.07) is 7.67. The quantitative estimate of drug-likeness (QED) is 0.249. The van der Waals surface area contributed by atoms with Gasteiger partial charge in [-0.25, -0.2) is 14.6 Å².